The third kappa shape index (κ3) is 39.3. The molecule has 0 saturated carbocycles. The Morgan fingerprint density at radius 2 is 1.14 bits per heavy atom. The van der Waals surface area contributed by atoms with Crippen LogP contribution in [0.25, 0.3) is 0 Å². The van der Waals surface area contributed by atoms with Crippen LogP contribution < -0.4 is 5.73 Å². The molecule has 0 saturated heterocycles. The number of aliphatic carboxylic acids is 1. The number of aliphatic hydroxyl groups excluding tert-OH is 1. The summed E-state index contributed by atoms with van der Waals surface area (Å²) < 4.78 is 32.5. The molecule has 0 aliphatic heterocycles. The molecule has 0 heterocycles. The van der Waals surface area contributed by atoms with Gasteiger partial charge in [-0.2, -0.15) is 0 Å². The number of aliphatic hydroxyl groups is 1. The highest BCUT2D eigenvalue weighted by Gasteiger charge is 2.28. The second kappa shape index (κ2) is 39.6. The molecule has 4 atom stereocenters. The van der Waals surface area contributed by atoms with E-state index in [-0.39, 0.29) is 12.8 Å². The zero-order valence-electron chi connectivity index (χ0n) is 35.4. The number of rotatable bonds is 37. The largest absolute Gasteiger partial charge is 0.480 e. The van der Waals surface area contributed by atoms with E-state index in [1.54, 1.807) is 6.08 Å². The van der Waals surface area contributed by atoms with E-state index in [9.17, 15) is 28.9 Å². The molecule has 0 aliphatic carbocycles. The quantitative estimate of drug-likeness (QED) is 0.0152. The molecule has 332 valence electrons. The van der Waals surface area contributed by atoms with E-state index >= 15 is 0 Å². The number of hydrogen-bond donors (Lipinski definition) is 4. The minimum Gasteiger partial charge on any atom is -0.480 e. The molecule has 5 N–H and O–H groups in total. The minimum atomic E-state index is -4.77. The summed E-state index contributed by atoms with van der Waals surface area (Å²) >= 11 is 0. The molecule has 59 heavy (non-hydrogen) atoms. The number of carbonyl (C=O) groups excluding carboxylic acids is 2. The van der Waals surface area contributed by atoms with E-state index in [1.807, 2.05) is 48.6 Å². The minimum absolute atomic E-state index is 0.0517. The van der Waals surface area contributed by atoms with Crippen LogP contribution in [0.1, 0.15) is 123 Å². The smallest absolute Gasteiger partial charge is 0.472 e. The molecule has 0 fully saturated rings. The van der Waals surface area contributed by atoms with Crippen LogP contribution in [0.5, 0.6) is 0 Å². The van der Waals surface area contributed by atoms with Gasteiger partial charge in [0.05, 0.1) is 19.3 Å². The van der Waals surface area contributed by atoms with E-state index < -0.39 is 63.8 Å². The Balaban J connectivity index is 4.66. The fraction of sp³-hybridized carbons (Fsp3) is 0.543. The summed E-state index contributed by atoms with van der Waals surface area (Å²) in [6, 6.07) is -1.55. The van der Waals surface area contributed by atoms with Crippen molar-refractivity contribution in [2.24, 2.45) is 5.73 Å². The lowest BCUT2D eigenvalue weighted by Gasteiger charge is -2.20. The predicted molar refractivity (Wildman–Crippen MR) is 236 cm³/mol. The Labute approximate surface area is 353 Å². The SMILES string of the molecule is CC/C=C\C/C=C\C/C=C\C/C=C\C/C=C\CCCC(=O)O[C@H](COC(=O)CCC/C=C\C/C=C\C=C\[C@H](O)C/C=C\CCCCC)COP(=O)(O)OC[C@H](N)C(=O)O. The van der Waals surface area contributed by atoms with Crippen LogP contribution in [-0.2, 0) is 37.5 Å². The first-order chi connectivity index (χ1) is 28.5. The topological polar surface area (TPSA) is 192 Å². The number of hydrogen-bond acceptors (Lipinski definition) is 10. The lowest BCUT2D eigenvalue weighted by molar-refractivity contribution is -0.161. The Hall–Kier alpha value is -3.90. The van der Waals surface area contributed by atoms with Crippen LogP contribution >= 0.6 is 7.82 Å². The number of ether oxygens (including phenoxy) is 2. The van der Waals surface area contributed by atoms with Gasteiger partial charge >= 0.3 is 25.7 Å². The molecule has 0 aromatic rings. The third-order valence-electron chi connectivity index (χ3n) is 8.09. The summed E-state index contributed by atoms with van der Waals surface area (Å²) in [6.07, 6.45) is 47.7. The molecule has 0 aromatic heterocycles. The van der Waals surface area contributed by atoms with Crippen LogP contribution in [0.3, 0.4) is 0 Å². The molecule has 0 amide bonds. The van der Waals surface area contributed by atoms with Gasteiger partial charge in [-0.3, -0.25) is 23.4 Å². The fourth-order valence-electron chi connectivity index (χ4n) is 4.76. The van der Waals surface area contributed by atoms with Gasteiger partial charge in [-0.1, -0.05) is 136 Å². The van der Waals surface area contributed by atoms with Crippen LogP contribution in [0.2, 0.25) is 0 Å². The summed E-state index contributed by atoms with van der Waals surface area (Å²) in [4.78, 5) is 45.9. The Morgan fingerprint density at radius 1 is 0.627 bits per heavy atom. The zero-order valence-corrected chi connectivity index (χ0v) is 36.3. The van der Waals surface area contributed by atoms with Crippen molar-refractivity contribution in [3.8, 4) is 0 Å². The van der Waals surface area contributed by atoms with Crippen molar-refractivity contribution < 1.29 is 52.6 Å². The van der Waals surface area contributed by atoms with Crippen molar-refractivity contribution in [1.29, 1.82) is 0 Å². The van der Waals surface area contributed by atoms with Gasteiger partial charge < -0.3 is 30.3 Å². The molecule has 0 aliphatic rings. The van der Waals surface area contributed by atoms with Gasteiger partial charge in [0.15, 0.2) is 6.10 Å². The van der Waals surface area contributed by atoms with Crippen molar-refractivity contribution in [2.75, 3.05) is 19.8 Å². The standard InChI is InChI=1S/C46H72NO11P/c1-3-5-7-9-11-12-13-14-15-16-17-18-19-20-25-29-33-37-45(50)58-42(39-56-59(53,54)57-40-43(47)46(51)52)38-55-44(49)36-32-28-24-22-21-23-27-31-35-41(48)34-30-26-10-8-6-4-2/h5,7,11-12,14-15,17-18,20,22-27,30-31,35,41-43,48H,3-4,6,8-10,13,16,19,21,28-29,32-34,36-40,47H2,1-2H3,(H,51,52)(H,53,54)/b7-5-,12-11-,15-14-,18-17-,24-22-,25-20-,27-23-,30-26-,35-31+/t41-,42-,43+/m1/s1. The average molecular weight is 846 g/mol. The van der Waals surface area contributed by atoms with Gasteiger partial charge in [0.2, 0.25) is 0 Å². The van der Waals surface area contributed by atoms with Gasteiger partial charge in [-0.15, -0.1) is 0 Å². The number of carboxylic acid groups (broad SMARTS) is 1. The monoisotopic (exact) mass is 845 g/mol. The molecule has 0 bridgehead atoms. The molecule has 12 nitrogen and oxygen atoms in total. The van der Waals surface area contributed by atoms with Crippen LogP contribution in [0, 0.1) is 0 Å². The van der Waals surface area contributed by atoms with Gasteiger partial charge in [-0.25, -0.2) is 4.57 Å². The fourth-order valence-corrected chi connectivity index (χ4v) is 5.54. The second-order valence-corrected chi connectivity index (χ2v) is 15.0. The highest BCUT2D eigenvalue weighted by atomic mass is 31.2. The number of unbranched alkanes of at least 4 members (excludes halogenated alkanes) is 5. The summed E-state index contributed by atoms with van der Waals surface area (Å²) in [5.74, 6) is -2.59. The molecular formula is C46H72NO11P. The summed E-state index contributed by atoms with van der Waals surface area (Å²) in [5.41, 5.74) is 5.32. The lowest BCUT2D eigenvalue weighted by Crippen LogP contribution is -2.34. The van der Waals surface area contributed by atoms with Crippen molar-refractivity contribution in [3.63, 3.8) is 0 Å². The second-order valence-electron chi connectivity index (χ2n) is 13.6. The van der Waals surface area contributed by atoms with E-state index in [2.05, 4.69) is 73.1 Å². The number of esters is 2. The van der Waals surface area contributed by atoms with Gasteiger partial charge in [0, 0.05) is 12.8 Å². The maximum Gasteiger partial charge on any atom is 0.472 e. The predicted octanol–water partition coefficient (Wildman–Crippen LogP) is 10.0. The average Bonchev–Trinajstić information content (AvgIpc) is 3.21. The number of nitrogens with two attached hydrogens (primary N) is 1. The molecule has 0 rings (SSSR count). The molecular weight excluding hydrogens is 773 g/mol. The van der Waals surface area contributed by atoms with E-state index in [0.29, 0.717) is 38.5 Å². The summed E-state index contributed by atoms with van der Waals surface area (Å²) in [7, 11) is -4.77. The van der Waals surface area contributed by atoms with Crippen LogP contribution in [0.4, 0.5) is 0 Å². The van der Waals surface area contributed by atoms with Crippen LogP contribution in [-0.4, -0.2) is 71.1 Å². The molecule has 0 aromatic carbocycles. The summed E-state index contributed by atoms with van der Waals surface area (Å²) in [6.45, 7) is 2.43. The van der Waals surface area contributed by atoms with E-state index in [1.165, 1.54) is 19.3 Å². The Kier molecular flexibility index (Phi) is 36.9. The van der Waals surface area contributed by atoms with Crippen molar-refractivity contribution in [2.45, 2.75) is 141 Å². The normalized spacial score (nSPS) is 15.3. The van der Waals surface area contributed by atoms with Crippen molar-refractivity contribution in [3.05, 3.63) is 109 Å². The molecule has 0 radical (unpaired) electrons. The maximum absolute atomic E-state index is 12.6. The number of phosphoric acid groups is 1. The van der Waals surface area contributed by atoms with Crippen molar-refractivity contribution >= 4 is 25.7 Å². The number of phosphoric ester groups is 1. The molecule has 0 spiro atoms. The van der Waals surface area contributed by atoms with Gasteiger partial charge in [-0.05, 0) is 83.5 Å². The Morgan fingerprint density at radius 3 is 1.71 bits per heavy atom. The first-order valence-electron chi connectivity index (χ1n) is 21.0. The number of allylic oxidation sites excluding steroid dienone is 16. The Bertz CT molecular complexity index is 1430. The first kappa shape index (κ1) is 55.1. The van der Waals surface area contributed by atoms with Gasteiger partial charge in [0.25, 0.3) is 0 Å². The molecule has 13 heteroatoms. The highest BCUT2D eigenvalue weighted by Crippen LogP contribution is 2.43. The molecule has 1 unspecified atom stereocenters. The van der Waals surface area contributed by atoms with Crippen molar-refractivity contribution in [1.82, 2.24) is 0 Å². The number of carbonyl (C=O) groups is 3. The third-order valence-corrected chi connectivity index (χ3v) is 9.04. The highest BCUT2D eigenvalue weighted by molar-refractivity contribution is 7.47. The lowest BCUT2D eigenvalue weighted by atomic mass is 10.1. The summed E-state index contributed by atoms with van der Waals surface area (Å²) in [5, 5.41) is 18.9. The first-order valence-corrected chi connectivity index (χ1v) is 22.5. The van der Waals surface area contributed by atoms with Gasteiger partial charge in [0.1, 0.15) is 12.6 Å². The number of carboxylic acids is 1. The van der Waals surface area contributed by atoms with E-state index in [4.69, 9.17) is 24.8 Å². The van der Waals surface area contributed by atoms with Crippen LogP contribution in [0.15, 0.2) is 109 Å². The van der Waals surface area contributed by atoms with E-state index in [0.717, 1.165) is 38.5 Å². The maximum atomic E-state index is 12.6. The zero-order chi connectivity index (χ0) is 43.7.